The second kappa shape index (κ2) is 6.13. The van der Waals surface area contributed by atoms with Crippen LogP contribution in [0.25, 0.3) is 10.2 Å². The van der Waals surface area contributed by atoms with Crippen LogP contribution in [-0.4, -0.2) is 39.0 Å². The molecular formula is C14H13N5O3S. The highest BCUT2D eigenvalue weighted by Crippen LogP contribution is 2.27. The molecule has 2 aromatic heterocycles. The molecule has 1 N–H and O–H groups in total. The number of amides is 1. The standard InChI is InChI=1S/C14H13N5O3S/c1-8-4-3-5-10-12(8)16-14(23-10)15-11(20)7-19-6-9(17-18-19)13(21)22-2/h3-6H,7H2,1-2H3,(H,15,16,20). The number of thiazole rings is 1. The molecule has 118 valence electrons. The van der Waals surface area contributed by atoms with Crippen LogP contribution in [0.5, 0.6) is 0 Å². The van der Waals surface area contributed by atoms with Crippen molar-refractivity contribution < 1.29 is 14.3 Å². The molecule has 3 rings (SSSR count). The summed E-state index contributed by atoms with van der Waals surface area (Å²) in [6.07, 6.45) is 1.36. The summed E-state index contributed by atoms with van der Waals surface area (Å²) in [6, 6.07) is 5.87. The van der Waals surface area contributed by atoms with Gasteiger partial charge in [-0.25, -0.2) is 14.5 Å². The average molecular weight is 331 g/mol. The molecule has 0 bridgehead atoms. The minimum absolute atomic E-state index is 0.0518. The third-order valence-electron chi connectivity index (χ3n) is 3.11. The fraction of sp³-hybridized carbons (Fsp3) is 0.214. The SMILES string of the molecule is COC(=O)c1cn(CC(=O)Nc2nc3c(C)cccc3s2)nn1. The zero-order valence-electron chi connectivity index (χ0n) is 12.4. The summed E-state index contributed by atoms with van der Waals surface area (Å²) in [5, 5.41) is 10.6. The Hall–Kier alpha value is -2.81. The predicted octanol–water partition coefficient (Wildman–Crippen LogP) is 1.62. The van der Waals surface area contributed by atoms with Gasteiger partial charge in [0.15, 0.2) is 10.8 Å². The van der Waals surface area contributed by atoms with Gasteiger partial charge in [0.2, 0.25) is 5.91 Å². The van der Waals surface area contributed by atoms with Gasteiger partial charge in [-0.2, -0.15) is 0 Å². The van der Waals surface area contributed by atoms with E-state index in [2.05, 4.69) is 25.3 Å². The summed E-state index contributed by atoms with van der Waals surface area (Å²) < 4.78 is 6.80. The van der Waals surface area contributed by atoms with Crippen LogP contribution in [0.2, 0.25) is 0 Å². The van der Waals surface area contributed by atoms with Gasteiger partial charge < -0.3 is 10.1 Å². The number of anilines is 1. The molecule has 8 nitrogen and oxygen atoms in total. The Morgan fingerprint density at radius 3 is 2.96 bits per heavy atom. The molecule has 23 heavy (non-hydrogen) atoms. The van der Waals surface area contributed by atoms with Gasteiger partial charge in [-0.05, 0) is 18.6 Å². The fourth-order valence-electron chi connectivity index (χ4n) is 2.02. The molecule has 0 atom stereocenters. The van der Waals surface area contributed by atoms with E-state index < -0.39 is 5.97 Å². The molecule has 3 aromatic rings. The maximum atomic E-state index is 12.0. The van der Waals surface area contributed by atoms with Crippen LogP contribution < -0.4 is 5.32 Å². The largest absolute Gasteiger partial charge is 0.464 e. The Labute approximate surface area is 135 Å². The molecular weight excluding hydrogens is 318 g/mol. The van der Waals surface area contributed by atoms with Gasteiger partial charge in [0.05, 0.1) is 23.5 Å². The Balaban J connectivity index is 1.70. The first-order valence-electron chi connectivity index (χ1n) is 6.71. The highest BCUT2D eigenvalue weighted by atomic mass is 32.1. The maximum absolute atomic E-state index is 12.0. The molecule has 0 radical (unpaired) electrons. The number of aromatic nitrogens is 4. The van der Waals surface area contributed by atoms with Crippen molar-refractivity contribution in [2.45, 2.75) is 13.5 Å². The first-order chi connectivity index (χ1) is 11.1. The van der Waals surface area contributed by atoms with Crippen LogP contribution in [0.1, 0.15) is 16.1 Å². The number of carbonyl (C=O) groups is 2. The molecule has 0 aliphatic heterocycles. The fourth-order valence-corrected chi connectivity index (χ4v) is 2.98. The number of benzene rings is 1. The van der Waals surface area contributed by atoms with Crippen molar-refractivity contribution in [3.63, 3.8) is 0 Å². The van der Waals surface area contributed by atoms with Gasteiger partial charge >= 0.3 is 5.97 Å². The monoisotopic (exact) mass is 331 g/mol. The molecule has 9 heteroatoms. The molecule has 0 saturated carbocycles. The second-order valence-electron chi connectivity index (χ2n) is 4.78. The quantitative estimate of drug-likeness (QED) is 0.729. The first kappa shape index (κ1) is 15.1. The van der Waals surface area contributed by atoms with E-state index in [4.69, 9.17) is 0 Å². The summed E-state index contributed by atoms with van der Waals surface area (Å²) >= 11 is 1.40. The Bertz CT molecular complexity index is 886. The molecule has 1 amide bonds. The van der Waals surface area contributed by atoms with Crippen molar-refractivity contribution in [2.75, 3.05) is 12.4 Å². The van der Waals surface area contributed by atoms with E-state index in [0.717, 1.165) is 15.8 Å². The number of esters is 1. The van der Waals surface area contributed by atoms with Crippen molar-refractivity contribution in [1.29, 1.82) is 0 Å². The molecule has 0 spiro atoms. The summed E-state index contributed by atoms with van der Waals surface area (Å²) in [6.45, 7) is 1.90. The molecule has 1 aromatic carbocycles. The lowest BCUT2D eigenvalue weighted by atomic mass is 10.2. The van der Waals surface area contributed by atoms with Gasteiger partial charge in [0.25, 0.3) is 0 Å². The lowest BCUT2D eigenvalue weighted by Gasteiger charge is -2.00. The van der Waals surface area contributed by atoms with Crippen molar-refractivity contribution >= 4 is 38.6 Å². The number of para-hydroxylation sites is 1. The zero-order valence-corrected chi connectivity index (χ0v) is 13.3. The number of carbonyl (C=O) groups excluding carboxylic acids is 2. The van der Waals surface area contributed by atoms with Crippen LogP contribution in [0.4, 0.5) is 5.13 Å². The van der Waals surface area contributed by atoms with Crippen molar-refractivity contribution in [3.8, 4) is 0 Å². The van der Waals surface area contributed by atoms with E-state index in [9.17, 15) is 9.59 Å². The molecule has 0 fully saturated rings. The van der Waals surface area contributed by atoms with Crippen molar-refractivity contribution in [2.24, 2.45) is 0 Å². The molecule has 0 saturated heterocycles. The Morgan fingerprint density at radius 2 is 2.22 bits per heavy atom. The van der Waals surface area contributed by atoms with Crippen molar-refractivity contribution in [1.82, 2.24) is 20.0 Å². The summed E-state index contributed by atoms with van der Waals surface area (Å²) in [5.74, 6) is -0.902. The smallest absolute Gasteiger partial charge is 0.360 e. The Kier molecular flexibility index (Phi) is 4.02. The number of hydrogen-bond acceptors (Lipinski definition) is 7. The number of methoxy groups -OCH3 is 1. The molecule has 0 aliphatic rings. The summed E-state index contributed by atoms with van der Waals surface area (Å²) in [5.41, 5.74) is 1.98. The Morgan fingerprint density at radius 1 is 1.39 bits per heavy atom. The van der Waals surface area contributed by atoms with Crippen LogP contribution in [0.15, 0.2) is 24.4 Å². The number of fused-ring (bicyclic) bond motifs is 1. The lowest BCUT2D eigenvalue weighted by Crippen LogP contribution is -2.19. The van der Waals surface area contributed by atoms with Gasteiger partial charge in [0.1, 0.15) is 6.54 Å². The number of nitrogens with zero attached hydrogens (tertiary/aromatic N) is 4. The summed E-state index contributed by atoms with van der Waals surface area (Å²) in [4.78, 5) is 27.7. The molecule has 2 heterocycles. The lowest BCUT2D eigenvalue weighted by molar-refractivity contribution is -0.116. The third kappa shape index (κ3) is 3.19. The van der Waals surface area contributed by atoms with Crippen LogP contribution in [0.3, 0.4) is 0 Å². The van der Waals surface area contributed by atoms with E-state index in [1.54, 1.807) is 0 Å². The number of ether oxygens (including phenoxy) is 1. The van der Waals surface area contributed by atoms with E-state index >= 15 is 0 Å². The van der Waals surface area contributed by atoms with Crippen LogP contribution >= 0.6 is 11.3 Å². The first-order valence-corrected chi connectivity index (χ1v) is 7.53. The predicted molar refractivity (Wildman–Crippen MR) is 84.3 cm³/mol. The summed E-state index contributed by atoms with van der Waals surface area (Å²) in [7, 11) is 1.25. The highest BCUT2D eigenvalue weighted by Gasteiger charge is 2.13. The normalized spacial score (nSPS) is 10.7. The van der Waals surface area contributed by atoms with Crippen LogP contribution in [0, 0.1) is 6.92 Å². The van der Waals surface area contributed by atoms with E-state index in [1.807, 2.05) is 25.1 Å². The van der Waals surface area contributed by atoms with E-state index in [1.165, 1.54) is 29.3 Å². The number of rotatable bonds is 4. The molecule has 0 unspecified atom stereocenters. The van der Waals surface area contributed by atoms with Crippen molar-refractivity contribution in [3.05, 3.63) is 35.7 Å². The van der Waals surface area contributed by atoms with Gasteiger partial charge in [0, 0.05) is 0 Å². The second-order valence-corrected chi connectivity index (χ2v) is 5.81. The average Bonchev–Trinajstić information content (AvgIpc) is 3.13. The van der Waals surface area contributed by atoms with E-state index in [0.29, 0.717) is 5.13 Å². The van der Waals surface area contributed by atoms with Gasteiger partial charge in [-0.1, -0.05) is 28.7 Å². The number of hydrogen-bond donors (Lipinski definition) is 1. The zero-order chi connectivity index (χ0) is 16.4. The maximum Gasteiger partial charge on any atom is 0.360 e. The van der Waals surface area contributed by atoms with E-state index in [-0.39, 0.29) is 18.1 Å². The van der Waals surface area contributed by atoms with Gasteiger partial charge in [-0.3, -0.25) is 4.79 Å². The minimum atomic E-state index is -0.599. The minimum Gasteiger partial charge on any atom is -0.464 e. The topological polar surface area (TPSA) is 99.0 Å². The van der Waals surface area contributed by atoms with Crippen LogP contribution in [-0.2, 0) is 16.1 Å². The number of aryl methyl sites for hydroxylation is 1. The van der Waals surface area contributed by atoms with Gasteiger partial charge in [-0.15, -0.1) is 5.10 Å². The molecule has 0 aliphatic carbocycles. The third-order valence-corrected chi connectivity index (χ3v) is 4.04. The highest BCUT2D eigenvalue weighted by molar-refractivity contribution is 7.22. The number of nitrogens with one attached hydrogen (secondary N) is 1.